The molecule has 0 aromatic heterocycles. The number of fused-ring (bicyclic) bond motifs is 1. The van der Waals surface area contributed by atoms with E-state index < -0.39 is 5.54 Å². The zero-order valence-corrected chi connectivity index (χ0v) is 10.7. The van der Waals surface area contributed by atoms with Gasteiger partial charge in [0, 0.05) is 11.6 Å². The molecule has 2 rings (SSSR count). The van der Waals surface area contributed by atoms with Crippen LogP contribution in [0.3, 0.4) is 0 Å². The van der Waals surface area contributed by atoms with Gasteiger partial charge in [-0.1, -0.05) is 0 Å². The van der Waals surface area contributed by atoms with Gasteiger partial charge in [-0.05, 0) is 26.0 Å². The molecule has 5 nitrogen and oxygen atoms in total. The minimum absolute atomic E-state index is 0.0882. The summed E-state index contributed by atoms with van der Waals surface area (Å²) in [7, 11) is 1.36. The molecule has 1 heterocycles. The van der Waals surface area contributed by atoms with Crippen LogP contribution >= 0.6 is 0 Å². The van der Waals surface area contributed by atoms with Crippen LogP contribution < -0.4 is 10.1 Å². The number of benzene rings is 1. The summed E-state index contributed by atoms with van der Waals surface area (Å²) in [4.78, 5) is 11.6. The first-order chi connectivity index (χ1) is 8.44. The van der Waals surface area contributed by atoms with Crippen molar-refractivity contribution in [3.63, 3.8) is 0 Å². The third-order valence-electron chi connectivity index (χ3n) is 3.01. The first-order valence-electron chi connectivity index (χ1n) is 5.76. The van der Waals surface area contributed by atoms with Crippen LogP contribution in [0, 0.1) is 0 Å². The van der Waals surface area contributed by atoms with Gasteiger partial charge >= 0.3 is 5.97 Å². The number of carbonyl (C=O) groups is 1. The molecule has 0 bridgehead atoms. The van der Waals surface area contributed by atoms with Crippen LogP contribution in [0.5, 0.6) is 11.5 Å². The van der Waals surface area contributed by atoms with Gasteiger partial charge in [0.2, 0.25) is 0 Å². The number of ether oxygens (including phenoxy) is 2. The SMILES string of the molecule is COC(=O)C(C)(C)NC1COc2cc(O)ccc21. The summed E-state index contributed by atoms with van der Waals surface area (Å²) in [5.74, 6) is 0.490. The molecule has 0 spiro atoms. The van der Waals surface area contributed by atoms with Crippen molar-refractivity contribution in [2.24, 2.45) is 0 Å². The second-order valence-corrected chi connectivity index (χ2v) is 4.85. The summed E-state index contributed by atoms with van der Waals surface area (Å²) in [5.41, 5.74) is 0.146. The van der Waals surface area contributed by atoms with Crippen molar-refractivity contribution >= 4 is 5.97 Å². The highest BCUT2D eigenvalue weighted by molar-refractivity contribution is 5.79. The van der Waals surface area contributed by atoms with Crippen molar-refractivity contribution in [2.45, 2.75) is 25.4 Å². The van der Waals surface area contributed by atoms with Crippen molar-refractivity contribution in [1.29, 1.82) is 0 Å². The molecule has 0 saturated carbocycles. The van der Waals surface area contributed by atoms with E-state index in [0.717, 1.165) is 5.56 Å². The van der Waals surface area contributed by atoms with Crippen molar-refractivity contribution in [3.8, 4) is 11.5 Å². The van der Waals surface area contributed by atoms with Gasteiger partial charge < -0.3 is 14.6 Å². The van der Waals surface area contributed by atoms with Crippen molar-refractivity contribution < 1.29 is 19.4 Å². The second kappa shape index (κ2) is 4.49. The predicted molar refractivity (Wildman–Crippen MR) is 65.6 cm³/mol. The van der Waals surface area contributed by atoms with Gasteiger partial charge in [0.1, 0.15) is 23.6 Å². The number of hydrogen-bond donors (Lipinski definition) is 2. The van der Waals surface area contributed by atoms with Crippen LogP contribution in [0.15, 0.2) is 18.2 Å². The highest BCUT2D eigenvalue weighted by atomic mass is 16.5. The first-order valence-corrected chi connectivity index (χ1v) is 5.76. The summed E-state index contributed by atoms with van der Waals surface area (Å²) < 4.78 is 10.2. The standard InChI is InChI=1S/C13H17NO4/c1-13(2,12(16)17-3)14-10-7-18-11-6-8(15)4-5-9(10)11/h4-6,10,14-15H,7H2,1-3H3. The highest BCUT2D eigenvalue weighted by Gasteiger charge is 2.35. The topological polar surface area (TPSA) is 67.8 Å². The number of methoxy groups -OCH3 is 1. The first kappa shape index (κ1) is 12.7. The number of hydrogen-bond acceptors (Lipinski definition) is 5. The number of nitrogens with one attached hydrogen (secondary N) is 1. The van der Waals surface area contributed by atoms with Gasteiger partial charge in [0.05, 0.1) is 13.2 Å². The smallest absolute Gasteiger partial charge is 0.325 e. The van der Waals surface area contributed by atoms with Gasteiger partial charge in [-0.15, -0.1) is 0 Å². The van der Waals surface area contributed by atoms with E-state index >= 15 is 0 Å². The fourth-order valence-electron chi connectivity index (χ4n) is 2.07. The molecule has 1 atom stereocenters. The Morgan fingerprint density at radius 1 is 1.56 bits per heavy atom. The Morgan fingerprint density at radius 2 is 2.28 bits per heavy atom. The molecule has 1 unspecified atom stereocenters. The molecule has 1 aliphatic rings. The molecule has 2 N–H and O–H groups in total. The van der Waals surface area contributed by atoms with Crippen molar-refractivity contribution in [3.05, 3.63) is 23.8 Å². The Labute approximate surface area is 106 Å². The average molecular weight is 251 g/mol. The molecular formula is C13H17NO4. The van der Waals surface area contributed by atoms with Crippen molar-refractivity contribution in [1.82, 2.24) is 5.32 Å². The van der Waals surface area contributed by atoms with E-state index in [1.165, 1.54) is 7.11 Å². The lowest BCUT2D eigenvalue weighted by molar-refractivity contribution is -0.147. The molecule has 0 radical (unpaired) electrons. The number of aromatic hydroxyl groups is 1. The Hall–Kier alpha value is -1.75. The summed E-state index contributed by atoms with van der Waals surface area (Å²) in [6, 6.07) is 4.88. The van der Waals surface area contributed by atoms with Crippen molar-refractivity contribution in [2.75, 3.05) is 13.7 Å². The summed E-state index contributed by atoms with van der Waals surface area (Å²) in [6.45, 7) is 3.95. The average Bonchev–Trinajstić information content (AvgIpc) is 2.69. The van der Waals surface area contributed by atoms with E-state index in [0.29, 0.717) is 12.4 Å². The molecular weight excluding hydrogens is 234 g/mol. The van der Waals surface area contributed by atoms with Gasteiger partial charge in [0.25, 0.3) is 0 Å². The molecule has 1 aromatic rings. The minimum Gasteiger partial charge on any atom is -0.508 e. The van der Waals surface area contributed by atoms with Crippen LogP contribution in [-0.2, 0) is 9.53 Å². The summed E-state index contributed by atoms with van der Waals surface area (Å²) in [6.07, 6.45) is 0. The normalized spacial score (nSPS) is 18.1. The van der Waals surface area contributed by atoms with Crippen LogP contribution in [0.4, 0.5) is 0 Å². The predicted octanol–water partition coefficient (Wildman–Crippen LogP) is 1.37. The Morgan fingerprint density at radius 3 is 2.94 bits per heavy atom. The Bertz CT molecular complexity index is 470. The van der Waals surface area contributed by atoms with E-state index in [2.05, 4.69) is 5.32 Å². The molecule has 5 heteroatoms. The number of carbonyl (C=O) groups excluding carboxylic acids is 1. The summed E-state index contributed by atoms with van der Waals surface area (Å²) in [5, 5.41) is 12.6. The fraction of sp³-hybridized carbons (Fsp3) is 0.462. The summed E-state index contributed by atoms with van der Waals surface area (Å²) >= 11 is 0. The van der Waals surface area contributed by atoms with Crippen LogP contribution in [0.25, 0.3) is 0 Å². The van der Waals surface area contributed by atoms with Gasteiger partial charge in [-0.2, -0.15) is 0 Å². The highest BCUT2D eigenvalue weighted by Crippen LogP contribution is 2.35. The van der Waals surface area contributed by atoms with Crippen LogP contribution in [-0.4, -0.2) is 30.3 Å². The third-order valence-corrected chi connectivity index (χ3v) is 3.01. The maximum Gasteiger partial charge on any atom is 0.325 e. The second-order valence-electron chi connectivity index (χ2n) is 4.85. The molecule has 1 aromatic carbocycles. The van der Waals surface area contributed by atoms with Crippen LogP contribution in [0.2, 0.25) is 0 Å². The monoisotopic (exact) mass is 251 g/mol. The van der Waals surface area contributed by atoms with Gasteiger partial charge in [-0.25, -0.2) is 0 Å². The largest absolute Gasteiger partial charge is 0.508 e. The molecule has 0 amide bonds. The Balaban J connectivity index is 2.17. The van der Waals surface area contributed by atoms with Gasteiger partial charge in [0.15, 0.2) is 0 Å². The van der Waals surface area contributed by atoms with E-state index in [4.69, 9.17) is 9.47 Å². The van der Waals surface area contributed by atoms with E-state index in [9.17, 15) is 9.90 Å². The Kier molecular flexibility index (Phi) is 3.17. The maximum absolute atomic E-state index is 11.6. The zero-order valence-electron chi connectivity index (χ0n) is 10.7. The maximum atomic E-state index is 11.6. The number of phenolic OH excluding ortho intramolecular Hbond substituents is 1. The molecule has 0 fully saturated rings. The quantitative estimate of drug-likeness (QED) is 0.794. The third kappa shape index (κ3) is 2.26. The van der Waals surface area contributed by atoms with E-state index in [-0.39, 0.29) is 17.8 Å². The van der Waals surface area contributed by atoms with E-state index in [1.54, 1.807) is 32.0 Å². The lowest BCUT2D eigenvalue weighted by Gasteiger charge is -2.26. The number of phenols is 1. The van der Waals surface area contributed by atoms with E-state index in [1.807, 2.05) is 0 Å². The molecule has 98 valence electrons. The zero-order chi connectivity index (χ0) is 13.3. The molecule has 1 aliphatic heterocycles. The lowest BCUT2D eigenvalue weighted by atomic mass is 10.0. The number of rotatable bonds is 3. The van der Waals surface area contributed by atoms with Crippen LogP contribution in [0.1, 0.15) is 25.5 Å². The molecule has 0 saturated heterocycles. The molecule has 18 heavy (non-hydrogen) atoms. The lowest BCUT2D eigenvalue weighted by Crippen LogP contribution is -2.49. The number of esters is 1. The molecule has 0 aliphatic carbocycles. The van der Waals surface area contributed by atoms with Gasteiger partial charge in [-0.3, -0.25) is 10.1 Å². The minimum atomic E-state index is -0.789. The fourth-order valence-corrected chi connectivity index (χ4v) is 2.07.